The molecule has 3 amide bonds. The van der Waals surface area contributed by atoms with Crippen LogP contribution in [0.4, 0.5) is 23.7 Å². The molecule has 11 nitrogen and oxygen atoms in total. The third-order valence-electron chi connectivity index (χ3n) is 8.41. The second kappa shape index (κ2) is 15.4. The molecule has 2 aliphatic rings. The van der Waals surface area contributed by atoms with Crippen molar-refractivity contribution in [2.75, 3.05) is 31.8 Å². The van der Waals surface area contributed by atoms with Gasteiger partial charge in [0.25, 0.3) is 21.9 Å². The summed E-state index contributed by atoms with van der Waals surface area (Å²) in [6.45, 7) is 1.05. The number of nitrogens with zero attached hydrogens (tertiary/aromatic N) is 2. The molecule has 0 bridgehead atoms. The molecule has 0 aromatic heterocycles. The summed E-state index contributed by atoms with van der Waals surface area (Å²) in [4.78, 5) is 43.6. The molecule has 1 saturated heterocycles. The normalized spacial score (nSPS) is 19.4. The lowest BCUT2D eigenvalue weighted by Crippen LogP contribution is -2.56. The van der Waals surface area contributed by atoms with Crippen molar-refractivity contribution in [3.8, 4) is 0 Å². The van der Waals surface area contributed by atoms with Gasteiger partial charge in [0.2, 0.25) is 5.91 Å². The quantitative estimate of drug-likeness (QED) is 0.193. The van der Waals surface area contributed by atoms with Crippen molar-refractivity contribution in [1.82, 2.24) is 10.2 Å². The molecular weight excluding hydrogens is 703 g/mol. The average Bonchev–Trinajstić information content (AvgIpc) is 3.49. The second-order valence-corrected chi connectivity index (χ2v) is 14.1. The van der Waals surface area contributed by atoms with Crippen LogP contribution in [0.3, 0.4) is 0 Å². The average molecular weight is 738 g/mol. The van der Waals surface area contributed by atoms with Gasteiger partial charge >= 0.3 is 6.09 Å². The molecule has 1 saturated carbocycles. The highest BCUT2D eigenvalue weighted by molar-refractivity contribution is 7.86. The monoisotopic (exact) mass is 737 g/mol. The van der Waals surface area contributed by atoms with Crippen LogP contribution in [-0.2, 0) is 33.4 Å². The number of aryl methyl sites for hydroxylation is 1. The lowest BCUT2D eigenvalue weighted by molar-refractivity contribution is -0.133. The first-order chi connectivity index (χ1) is 23.7. The van der Waals surface area contributed by atoms with Crippen molar-refractivity contribution < 1.29 is 49.6 Å². The van der Waals surface area contributed by atoms with Crippen LogP contribution in [0.1, 0.15) is 36.4 Å². The number of ether oxygens (including phenoxy) is 2. The van der Waals surface area contributed by atoms with Gasteiger partial charge < -0.3 is 14.8 Å². The maximum absolute atomic E-state index is 14.7. The molecule has 5 rings (SSSR count). The van der Waals surface area contributed by atoms with Crippen molar-refractivity contribution in [2.45, 2.75) is 61.2 Å². The van der Waals surface area contributed by atoms with Crippen molar-refractivity contribution in [2.24, 2.45) is 0 Å². The zero-order valence-corrected chi connectivity index (χ0v) is 28.6. The van der Waals surface area contributed by atoms with Crippen molar-refractivity contribution in [3.05, 3.63) is 94.8 Å². The van der Waals surface area contributed by atoms with Crippen LogP contribution < -0.4 is 10.2 Å². The van der Waals surface area contributed by atoms with E-state index in [-0.39, 0.29) is 47.3 Å². The van der Waals surface area contributed by atoms with Gasteiger partial charge in [-0.3, -0.25) is 23.6 Å². The molecule has 16 heteroatoms. The summed E-state index contributed by atoms with van der Waals surface area (Å²) >= 11 is 6.52. The van der Waals surface area contributed by atoms with Gasteiger partial charge in [0.1, 0.15) is 17.9 Å². The van der Waals surface area contributed by atoms with E-state index in [4.69, 9.17) is 25.3 Å². The van der Waals surface area contributed by atoms with Gasteiger partial charge in [-0.15, -0.1) is 0 Å². The van der Waals surface area contributed by atoms with Gasteiger partial charge in [0.15, 0.2) is 0 Å². The largest absolute Gasteiger partial charge is 0.453 e. The molecule has 1 aliphatic heterocycles. The highest BCUT2D eigenvalue weighted by Gasteiger charge is 2.49. The number of halogens is 4. The van der Waals surface area contributed by atoms with Crippen LogP contribution in [0.2, 0.25) is 5.02 Å². The summed E-state index contributed by atoms with van der Waals surface area (Å²) in [6, 6.07) is 13.3. The van der Waals surface area contributed by atoms with Crippen LogP contribution in [0, 0.1) is 12.7 Å². The molecule has 3 aromatic rings. The van der Waals surface area contributed by atoms with E-state index < -0.39 is 76.8 Å². The predicted octanol–water partition coefficient (Wildman–Crippen LogP) is 5.41. The Labute approximate surface area is 292 Å². The Morgan fingerprint density at radius 2 is 1.74 bits per heavy atom. The first kappa shape index (κ1) is 37.1. The number of alkyl halides is 2. The SMILES string of the molecule is COC(=O)N1CC(OCCOS(=O)(=O)c2ccc(C)cc2)CC1C(=O)N(c1cccc(F)c1)[C@H](C(=O)NC1CC(F)(F)C1)c1ccccc1Cl. The first-order valence-electron chi connectivity index (χ1n) is 15.6. The third kappa shape index (κ3) is 8.57. The topological polar surface area (TPSA) is 132 Å². The molecule has 3 atom stereocenters. The second-order valence-electron chi connectivity index (χ2n) is 12.0. The van der Waals surface area contributed by atoms with Crippen molar-refractivity contribution >= 4 is 45.3 Å². The minimum atomic E-state index is -4.08. The van der Waals surface area contributed by atoms with Crippen LogP contribution >= 0.6 is 11.6 Å². The fourth-order valence-electron chi connectivity index (χ4n) is 5.93. The van der Waals surface area contributed by atoms with E-state index in [0.717, 1.165) is 34.6 Å². The molecule has 2 unspecified atom stereocenters. The fraction of sp³-hybridized carbons (Fsp3) is 0.382. The lowest BCUT2D eigenvalue weighted by Gasteiger charge is -2.39. The number of hydrogen-bond donors (Lipinski definition) is 1. The maximum Gasteiger partial charge on any atom is 0.410 e. The number of nitrogens with one attached hydrogen (secondary N) is 1. The van der Waals surface area contributed by atoms with Gasteiger partial charge in [-0.1, -0.05) is 53.6 Å². The van der Waals surface area contributed by atoms with E-state index in [2.05, 4.69) is 5.32 Å². The Hall–Kier alpha value is -4.18. The van der Waals surface area contributed by atoms with E-state index >= 15 is 0 Å². The van der Waals surface area contributed by atoms with Gasteiger partial charge in [-0.2, -0.15) is 8.42 Å². The highest BCUT2D eigenvalue weighted by Crippen LogP contribution is 2.39. The van der Waals surface area contributed by atoms with Crippen LogP contribution in [0.15, 0.2) is 77.7 Å². The third-order valence-corrected chi connectivity index (χ3v) is 10.1. The Morgan fingerprint density at radius 1 is 1.04 bits per heavy atom. The van der Waals surface area contributed by atoms with Crippen LogP contribution in [-0.4, -0.2) is 82.2 Å². The summed E-state index contributed by atoms with van der Waals surface area (Å²) in [5, 5.41) is 2.63. The van der Waals surface area contributed by atoms with E-state index in [0.29, 0.717) is 0 Å². The van der Waals surface area contributed by atoms with E-state index in [1.807, 2.05) is 6.92 Å². The summed E-state index contributed by atoms with van der Waals surface area (Å²) < 4.78 is 83.1. The molecule has 2 fully saturated rings. The first-order valence-corrected chi connectivity index (χ1v) is 17.4. The minimum Gasteiger partial charge on any atom is -0.453 e. The Morgan fingerprint density at radius 3 is 2.38 bits per heavy atom. The summed E-state index contributed by atoms with van der Waals surface area (Å²) in [5.74, 6) is -5.38. The zero-order chi connectivity index (χ0) is 36.2. The highest BCUT2D eigenvalue weighted by atomic mass is 35.5. The number of likely N-dealkylation sites (tertiary alicyclic amines) is 1. The molecule has 1 heterocycles. The lowest BCUT2D eigenvalue weighted by atomic mass is 9.87. The number of carbonyl (C=O) groups is 3. The van der Waals surface area contributed by atoms with Crippen molar-refractivity contribution in [3.63, 3.8) is 0 Å². The Bertz CT molecular complexity index is 1820. The maximum atomic E-state index is 14.7. The molecular formula is C34H35ClF3N3O8S. The molecule has 1 aliphatic carbocycles. The van der Waals surface area contributed by atoms with Crippen LogP contribution in [0.5, 0.6) is 0 Å². The number of hydrogen-bond acceptors (Lipinski definition) is 8. The Balaban J connectivity index is 1.41. The number of carbonyl (C=O) groups excluding carboxylic acids is 3. The van der Waals surface area contributed by atoms with Gasteiger partial charge in [-0.05, 0) is 43.3 Å². The molecule has 1 N–H and O–H groups in total. The summed E-state index contributed by atoms with van der Waals surface area (Å²) in [5.41, 5.74) is 0.918. The summed E-state index contributed by atoms with van der Waals surface area (Å²) in [6.07, 6.45) is -3.04. The zero-order valence-electron chi connectivity index (χ0n) is 27.1. The standard InChI is InChI=1S/C34H35ClF3N3O8S/c1-21-10-12-26(13-11-21)50(45,46)49-15-14-48-25-17-29(40(20-25)33(44)47-2)32(43)41(24-7-5-6-22(36)16-24)30(27-8-3-4-9-28(27)35)31(42)39-23-18-34(37,38)19-23/h3-13,16,23,25,29-30H,14-15,17-20H2,1-2H3,(H,39,42)/t25?,29?,30-/m0/s1. The Kier molecular flexibility index (Phi) is 11.4. The molecule has 0 spiro atoms. The molecule has 3 aromatic carbocycles. The number of rotatable bonds is 12. The van der Waals surface area contributed by atoms with Crippen LogP contribution in [0.25, 0.3) is 0 Å². The van der Waals surface area contributed by atoms with Gasteiger partial charge in [-0.25, -0.2) is 18.0 Å². The number of amides is 3. The van der Waals surface area contributed by atoms with Crippen molar-refractivity contribution in [1.29, 1.82) is 0 Å². The van der Waals surface area contributed by atoms with E-state index in [9.17, 15) is 36.0 Å². The molecule has 0 radical (unpaired) electrons. The van der Waals surface area contributed by atoms with E-state index in [1.165, 1.54) is 36.4 Å². The summed E-state index contributed by atoms with van der Waals surface area (Å²) in [7, 11) is -2.97. The number of methoxy groups -OCH3 is 1. The van der Waals surface area contributed by atoms with Gasteiger partial charge in [0, 0.05) is 41.6 Å². The minimum absolute atomic E-state index is 0.0351. The fourth-order valence-corrected chi connectivity index (χ4v) is 7.06. The number of anilines is 1. The van der Waals surface area contributed by atoms with Gasteiger partial charge in [0.05, 0.1) is 37.9 Å². The smallest absolute Gasteiger partial charge is 0.410 e. The predicted molar refractivity (Wildman–Crippen MR) is 176 cm³/mol. The molecule has 50 heavy (non-hydrogen) atoms. The van der Waals surface area contributed by atoms with E-state index in [1.54, 1.807) is 24.3 Å². The molecule has 268 valence electrons. The number of benzene rings is 3.